The summed E-state index contributed by atoms with van der Waals surface area (Å²) in [4.78, 5) is 9.76. The van der Waals surface area contributed by atoms with E-state index in [9.17, 15) is 10.2 Å². The number of benzene rings is 2. The van der Waals surface area contributed by atoms with E-state index in [2.05, 4.69) is 41.5 Å². The van der Waals surface area contributed by atoms with Gasteiger partial charge in [0.2, 0.25) is 0 Å². The van der Waals surface area contributed by atoms with Crippen LogP contribution in [0.25, 0.3) is 0 Å². The fourth-order valence-electron chi connectivity index (χ4n) is 4.63. The number of ether oxygens (including phenoxy) is 2. The molecule has 38 heavy (non-hydrogen) atoms. The Balaban J connectivity index is 0.00000361. The summed E-state index contributed by atoms with van der Waals surface area (Å²) in [7, 11) is 3.26. The Labute approximate surface area is 244 Å². The van der Waals surface area contributed by atoms with Crippen molar-refractivity contribution in [3.05, 3.63) is 46.5 Å². The molecule has 0 spiro atoms. The van der Waals surface area contributed by atoms with Crippen molar-refractivity contribution in [2.45, 2.75) is 90.1 Å². The molecule has 8 heteroatoms. The van der Waals surface area contributed by atoms with Gasteiger partial charge < -0.3 is 32.1 Å². The summed E-state index contributed by atoms with van der Waals surface area (Å²) in [5, 5.41) is 21.9. The van der Waals surface area contributed by atoms with Crippen LogP contribution in [0.3, 0.4) is 0 Å². The second-order valence-corrected chi connectivity index (χ2v) is 11.7. The summed E-state index contributed by atoms with van der Waals surface area (Å²) in [6.45, 7) is 12.4. The average molecular weight is 585 g/mol. The third-order valence-electron chi connectivity index (χ3n) is 6.82. The number of nitrogens with zero attached hydrogens (tertiary/aromatic N) is 2. The number of phenolic OH excluding ortho intramolecular Hbond substituents is 2. The Hall–Kier alpha value is -2.21. The summed E-state index contributed by atoms with van der Waals surface area (Å²) in [5.74, 6) is 1.86. The van der Waals surface area contributed by atoms with Gasteiger partial charge in [0.25, 0.3) is 0 Å². The number of phenols is 2. The van der Waals surface area contributed by atoms with Crippen LogP contribution in [0.5, 0.6) is 23.0 Å². The number of aromatic hydroxyl groups is 2. The minimum atomic E-state index is -0.233. The molecule has 1 radical (unpaired) electrons. The number of aliphatic imine (C=N–C) groups is 2. The molecule has 211 valence electrons. The van der Waals surface area contributed by atoms with Gasteiger partial charge in [-0.3, -0.25) is 9.98 Å². The Bertz CT molecular complexity index is 1050. The standard InChI is InChI=1S/C30H42N2O4.ClH.Mn/c1-29(2,3)23-15-21(35-7)13-19(27(23)33)17-31-25-11-9-10-12-26(25)32-18-20-14-22(36-8)16-24(28(20)34)30(4,5)6;;/h13-18,25-26,33-34H,9-12H2,1-8H3;1H;/p-1/t25-,26-;;/m1../s1. The van der Waals surface area contributed by atoms with Gasteiger partial charge in [0.1, 0.15) is 23.0 Å². The molecule has 1 saturated carbocycles. The van der Waals surface area contributed by atoms with Crippen LogP contribution in [0.2, 0.25) is 0 Å². The second kappa shape index (κ2) is 13.7. The minimum Gasteiger partial charge on any atom is -1.00 e. The molecule has 0 bridgehead atoms. The van der Waals surface area contributed by atoms with Gasteiger partial charge in [-0.2, -0.15) is 0 Å². The Morgan fingerprint density at radius 1 is 0.711 bits per heavy atom. The van der Waals surface area contributed by atoms with E-state index < -0.39 is 0 Å². The Morgan fingerprint density at radius 3 is 1.34 bits per heavy atom. The van der Waals surface area contributed by atoms with Gasteiger partial charge in [-0.05, 0) is 47.9 Å². The molecule has 0 unspecified atom stereocenters. The van der Waals surface area contributed by atoms with E-state index in [1.165, 1.54) is 0 Å². The van der Waals surface area contributed by atoms with Crippen LogP contribution in [-0.2, 0) is 27.9 Å². The average Bonchev–Trinajstić information content (AvgIpc) is 2.81. The minimum absolute atomic E-state index is 0. The van der Waals surface area contributed by atoms with Crippen molar-refractivity contribution in [2.24, 2.45) is 9.98 Å². The normalized spacial score (nSPS) is 18.2. The molecule has 2 aromatic carbocycles. The SMILES string of the molecule is COc1cc(C=N[C@@H]2CCCC[C@H]2N=Cc2cc(OC)cc(C(C)(C)C)c2O)c(O)c(C(C)(C)C)c1.[Cl-].[Mn]. The van der Waals surface area contributed by atoms with Gasteiger partial charge in [-0.15, -0.1) is 0 Å². The van der Waals surface area contributed by atoms with Crippen LogP contribution in [0, 0.1) is 0 Å². The first-order chi connectivity index (χ1) is 16.8. The molecule has 0 amide bonds. The summed E-state index contributed by atoms with van der Waals surface area (Å²) in [5.41, 5.74) is 2.47. The molecular formula is C30H42ClMnN2O4-. The molecule has 0 aliphatic heterocycles. The van der Waals surface area contributed by atoms with E-state index in [0.717, 1.165) is 36.8 Å². The Morgan fingerprint density at radius 2 is 1.05 bits per heavy atom. The maximum atomic E-state index is 10.9. The zero-order valence-corrected chi connectivity index (χ0v) is 25.7. The predicted octanol–water partition coefficient (Wildman–Crippen LogP) is 3.56. The molecule has 0 saturated heterocycles. The van der Waals surface area contributed by atoms with Crippen molar-refractivity contribution >= 4 is 12.4 Å². The van der Waals surface area contributed by atoms with Crippen LogP contribution in [0.1, 0.15) is 89.5 Å². The van der Waals surface area contributed by atoms with Crippen molar-refractivity contribution in [3.63, 3.8) is 0 Å². The van der Waals surface area contributed by atoms with E-state index in [-0.39, 0.29) is 63.9 Å². The van der Waals surface area contributed by atoms with Crippen molar-refractivity contribution in [1.29, 1.82) is 0 Å². The first-order valence-corrected chi connectivity index (χ1v) is 12.7. The maximum absolute atomic E-state index is 10.9. The fourth-order valence-corrected chi connectivity index (χ4v) is 4.63. The van der Waals surface area contributed by atoms with E-state index in [0.29, 0.717) is 22.6 Å². The van der Waals surface area contributed by atoms with Crippen LogP contribution < -0.4 is 21.9 Å². The molecule has 6 nitrogen and oxygen atoms in total. The van der Waals surface area contributed by atoms with E-state index in [1.54, 1.807) is 26.6 Å². The van der Waals surface area contributed by atoms with Gasteiger partial charge in [-0.1, -0.05) is 54.4 Å². The summed E-state index contributed by atoms with van der Waals surface area (Å²) >= 11 is 0. The molecule has 2 aromatic rings. The van der Waals surface area contributed by atoms with Crippen LogP contribution in [0.4, 0.5) is 0 Å². The molecule has 2 N–H and O–H groups in total. The molecule has 1 aliphatic carbocycles. The quantitative estimate of drug-likeness (QED) is 0.402. The first-order valence-electron chi connectivity index (χ1n) is 12.7. The third kappa shape index (κ3) is 8.14. The predicted molar refractivity (Wildman–Crippen MR) is 148 cm³/mol. The van der Waals surface area contributed by atoms with Crippen LogP contribution in [-0.4, -0.2) is 48.9 Å². The fraction of sp³-hybridized carbons (Fsp3) is 0.533. The van der Waals surface area contributed by atoms with Crippen molar-refractivity contribution in [2.75, 3.05) is 14.2 Å². The zero-order chi connectivity index (χ0) is 26.7. The second-order valence-electron chi connectivity index (χ2n) is 11.7. The first kappa shape index (κ1) is 33.8. The van der Waals surface area contributed by atoms with Gasteiger partial charge in [0.15, 0.2) is 0 Å². The third-order valence-corrected chi connectivity index (χ3v) is 6.82. The van der Waals surface area contributed by atoms with Gasteiger partial charge >= 0.3 is 0 Å². The molecule has 0 heterocycles. The summed E-state index contributed by atoms with van der Waals surface area (Å²) < 4.78 is 11.0. The molecular weight excluding hydrogens is 543 g/mol. The smallest absolute Gasteiger partial charge is 0.128 e. The van der Waals surface area contributed by atoms with Gasteiger partial charge in [0.05, 0.1) is 26.3 Å². The van der Waals surface area contributed by atoms with E-state index >= 15 is 0 Å². The molecule has 3 rings (SSSR count). The van der Waals surface area contributed by atoms with Crippen molar-refractivity contribution < 1.29 is 49.2 Å². The molecule has 1 fully saturated rings. The number of rotatable bonds is 6. The Kier molecular flexibility index (Phi) is 12.2. The zero-order valence-electron chi connectivity index (χ0n) is 23.8. The molecule has 1 aliphatic rings. The van der Waals surface area contributed by atoms with Crippen molar-refractivity contribution in [3.8, 4) is 23.0 Å². The van der Waals surface area contributed by atoms with E-state index in [1.807, 2.05) is 24.3 Å². The van der Waals surface area contributed by atoms with Gasteiger partial charge in [0, 0.05) is 51.8 Å². The molecule has 2 atom stereocenters. The van der Waals surface area contributed by atoms with Crippen LogP contribution in [0.15, 0.2) is 34.3 Å². The number of hydrogen-bond acceptors (Lipinski definition) is 6. The summed E-state index contributed by atoms with van der Waals surface area (Å²) in [6.07, 6.45) is 7.53. The van der Waals surface area contributed by atoms with Crippen molar-refractivity contribution in [1.82, 2.24) is 0 Å². The van der Waals surface area contributed by atoms with E-state index in [4.69, 9.17) is 19.5 Å². The molecule has 0 aromatic heterocycles. The van der Waals surface area contributed by atoms with Crippen LogP contribution >= 0.6 is 0 Å². The number of methoxy groups -OCH3 is 2. The largest absolute Gasteiger partial charge is 1.00 e. The van der Waals surface area contributed by atoms with Gasteiger partial charge in [-0.25, -0.2) is 0 Å². The topological polar surface area (TPSA) is 83.6 Å². The monoisotopic (exact) mass is 584 g/mol. The number of hydrogen-bond donors (Lipinski definition) is 2. The maximum Gasteiger partial charge on any atom is 0.128 e. The summed E-state index contributed by atoms with van der Waals surface area (Å²) in [6, 6.07) is 7.39. The number of halogens is 1.